The largest absolute Gasteiger partial charge is 0.381 e. The van der Waals surface area contributed by atoms with Gasteiger partial charge in [-0.3, -0.25) is 9.59 Å². The first kappa shape index (κ1) is 14.8. The second kappa shape index (κ2) is 6.34. The average molecular weight is 294 g/mol. The number of nitrogens with one attached hydrogen (secondary N) is 1. The summed E-state index contributed by atoms with van der Waals surface area (Å²) in [5.74, 6) is 0.814. The van der Waals surface area contributed by atoms with Gasteiger partial charge in [-0.15, -0.1) is 0 Å². The minimum Gasteiger partial charge on any atom is -0.381 e. The summed E-state index contributed by atoms with van der Waals surface area (Å²) < 4.78 is 5.44. The summed E-state index contributed by atoms with van der Waals surface area (Å²) in [5, 5.41) is 2.95. The molecule has 21 heavy (non-hydrogen) atoms. The van der Waals surface area contributed by atoms with Crippen LogP contribution >= 0.6 is 0 Å². The van der Waals surface area contributed by atoms with Crippen molar-refractivity contribution < 1.29 is 14.3 Å². The van der Waals surface area contributed by atoms with Crippen LogP contribution in [0.15, 0.2) is 0 Å². The number of ether oxygens (including phenoxy) is 1. The van der Waals surface area contributed by atoms with Crippen molar-refractivity contribution >= 4 is 11.8 Å². The fraction of sp³-hybridized carbons (Fsp3) is 0.875. The Balaban J connectivity index is 1.71. The first-order valence-electron chi connectivity index (χ1n) is 8.34. The normalized spacial score (nSPS) is 33.1. The van der Waals surface area contributed by atoms with Gasteiger partial charge in [-0.25, -0.2) is 0 Å². The summed E-state index contributed by atoms with van der Waals surface area (Å²) in [6, 6.07) is -0.200. The molecule has 1 aliphatic carbocycles. The van der Waals surface area contributed by atoms with Gasteiger partial charge in [0.15, 0.2) is 0 Å². The van der Waals surface area contributed by atoms with Gasteiger partial charge >= 0.3 is 0 Å². The quantitative estimate of drug-likeness (QED) is 0.854. The van der Waals surface area contributed by atoms with E-state index in [0.717, 1.165) is 25.9 Å². The van der Waals surface area contributed by atoms with Gasteiger partial charge in [0.25, 0.3) is 0 Å². The third kappa shape index (κ3) is 3.07. The number of rotatable bonds is 3. The van der Waals surface area contributed by atoms with E-state index in [0.29, 0.717) is 18.4 Å². The molecule has 3 aliphatic rings. The molecule has 5 heteroatoms. The molecule has 3 fully saturated rings. The molecule has 2 aliphatic heterocycles. The van der Waals surface area contributed by atoms with Crippen LogP contribution in [-0.4, -0.2) is 48.6 Å². The van der Waals surface area contributed by atoms with E-state index in [4.69, 9.17) is 4.74 Å². The summed E-state index contributed by atoms with van der Waals surface area (Å²) in [6.07, 6.45) is 6.72. The molecule has 0 aromatic heterocycles. The molecule has 2 amide bonds. The summed E-state index contributed by atoms with van der Waals surface area (Å²) in [5.41, 5.74) is 0. The minimum absolute atomic E-state index is 0.00376. The van der Waals surface area contributed by atoms with Crippen LogP contribution in [0.2, 0.25) is 0 Å². The van der Waals surface area contributed by atoms with E-state index < -0.39 is 0 Å². The Morgan fingerprint density at radius 1 is 1.19 bits per heavy atom. The average Bonchev–Trinajstić information content (AvgIpc) is 3.04. The van der Waals surface area contributed by atoms with Gasteiger partial charge in [0, 0.05) is 18.6 Å². The summed E-state index contributed by atoms with van der Waals surface area (Å²) in [6.45, 7) is 3.75. The van der Waals surface area contributed by atoms with Crippen molar-refractivity contribution in [2.45, 2.75) is 57.5 Å². The molecular formula is C16H26N2O3. The number of carbonyl (C=O) groups excluding carboxylic acids is 2. The Morgan fingerprint density at radius 2 is 1.95 bits per heavy atom. The van der Waals surface area contributed by atoms with Gasteiger partial charge in [0.05, 0.1) is 13.2 Å². The molecular weight excluding hydrogens is 268 g/mol. The summed E-state index contributed by atoms with van der Waals surface area (Å²) >= 11 is 0. The van der Waals surface area contributed by atoms with Gasteiger partial charge in [-0.2, -0.15) is 0 Å². The molecule has 1 saturated carbocycles. The number of hydrogen-bond acceptors (Lipinski definition) is 3. The molecule has 2 heterocycles. The van der Waals surface area contributed by atoms with Crippen LogP contribution in [0.25, 0.3) is 0 Å². The molecule has 3 unspecified atom stereocenters. The highest BCUT2D eigenvalue weighted by Crippen LogP contribution is 2.30. The Bertz CT molecular complexity index is 400. The number of nitrogens with zero attached hydrogens (tertiary/aromatic N) is 1. The van der Waals surface area contributed by atoms with Crippen molar-refractivity contribution in [3.05, 3.63) is 0 Å². The van der Waals surface area contributed by atoms with Crippen LogP contribution in [0.5, 0.6) is 0 Å². The Labute approximate surface area is 126 Å². The van der Waals surface area contributed by atoms with E-state index in [-0.39, 0.29) is 30.4 Å². The van der Waals surface area contributed by atoms with Crippen molar-refractivity contribution in [1.82, 2.24) is 10.2 Å². The molecule has 0 bridgehead atoms. The van der Waals surface area contributed by atoms with Crippen molar-refractivity contribution in [2.24, 2.45) is 11.8 Å². The topological polar surface area (TPSA) is 58.6 Å². The standard InChI is InChI=1S/C16H26N2O3/c1-11(13-7-8-21-10-13)18-9-14(19)17-15(16(18)20)12-5-3-2-4-6-12/h11-13,15H,2-10H2,1H3,(H,17,19). The van der Waals surface area contributed by atoms with Crippen molar-refractivity contribution in [3.8, 4) is 0 Å². The smallest absolute Gasteiger partial charge is 0.246 e. The SMILES string of the molecule is CC(C1CCOC1)N1CC(=O)NC(C2CCCCC2)C1=O. The summed E-state index contributed by atoms with van der Waals surface area (Å²) in [4.78, 5) is 26.7. The highest BCUT2D eigenvalue weighted by atomic mass is 16.5. The van der Waals surface area contributed by atoms with Gasteiger partial charge in [-0.1, -0.05) is 19.3 Å². The molecule has 1 N–H and O–H groups in total. The maximum absolute atomic E-state index is 12.8. The first-order valence-corrected chi connectivity index (χ1v) is 8.34. The van der Waals surface area contributed by atoms with Crippen LogP contribution in [0.3, 0.4) is 0 Å². The van der Waals surface area contributed by atoms with E-state index in [1.807, 2.05) is 0 Å². The molecule has 3 rings (SSSR count). The van der Waals surface area contributed by atoms with E-state index in [1.54, 1.807) is 4.90 Å². The highest BCUT2D eigenvalue weighted by molar-refractivity contribution is 5.95. The number of carbonyl (C=O) groups is 2. The first-order chi connectivity index (χ1) is 10.2. The third-order valence-electron chi connectivity index (χ3n) is 5.44. The zero-order chi connectivity index (χ0) is 14.8. The molecule has 0 aromatic carbocycles. The lowest BCUT2D eigenvalue weighted by molar-refractivity contribution is -0.149. The number of hydrogen-bond donors (Lipinski definition) is 1. The van der Waals surface area contributed by atoms with Crippen LogP contribution in [0, 0.1) is 11.8 Å². The molecule has 3 atom stereocenters. The van der Waals surface area contributed by atoms with Crippen LogP contribution in [0.4, 0.5) is 0 Å². The zero-order valence-corrected chi connectivity index (χ0v) is 12.8. The van der Waals surface area contributed by atoms with E-state index >= 15 is 0 Å². The highest BCUT2D eigenvalue weighted by Gasteiger charge is 2.41. The molecule has 0 radical (unpaired) electrons. The molecule has 5 nitrogen and oxygen atoms in total. The predicted octanol–water partition coefficient (Wildman–Crippen LogP) is 1.32. The fourth-order valence-electron chi connectivity index (χ4n) is 4.01. The molecule has 0 spiro atoms. The lowest BCUT2D eigenvalue weighted by Crippen LogP contribution is -2.63. The Kier molecular flexibility index (Phi) is 4.48. The molecule has 2 saturated heterocycles. The fourth-order valence-corrected chi connectivity index (χ4v) is 4.01. The van der Waals surface area contributed by atoms with E-state index in [2.05, 4.69) is 12.2 Å². The van der Waals surface area contributed by atoms with E-state index in [1.165, 1.54) is 19.3 Å². The monoisotopic (exact) mass is 294 g/mol. The lowest BCUT2D eigenvalue weighted by Gasteiger charge is -2.41. The Hall–Kier alpha value is -1.10. The number of amides is 2. The second-order valence-electron chi connectivity index (χ2n) is 6.77. The van der Waals surface area contributed by atoms with Crippen molar-refractivity contribution in [3.63, 3.8) is 0 Å². The van der Waals surface area contributed by atoms with Crippen molar-refractivity contribution in [1.29, 1.82) is 0 Å². The summed E-state index contributed by atoms with van der Waals surface area (Å²) in [7, 11) is 0. The van der Waals surface area contributed by atoms with Gasteiger partial charge in [-0.05, 0) is 32.1 Å². The Morgan fingerprint density at radius 3 is 2.62 bits per heavy atom. The van der Waals surface area contributed by atoms with Crippen LogP contribution in [-0.2, 0) is 14.3 Å². The predicted molar refractivity (Wildman–Crippen MR) is 78.6 cm³/mol. The third-order valence-corrected chi connectivity index (χ3v) is 5.44. The lowest BCUT2D eigenvalue weighted by atomic mass is 9.82. The maximum Gasteiger partial charge on any atom is 0.246 e. The number of piperazine rings is 1. The van der Waals surface area contributed by atoms with E-state index in [9.17, 15) is 9.59 Å². The molecule has 118 valence electrons. The minimum atomic E-state index is -0.295. The van der Waals surface area contributed by atoms with Gasteiger partial charge in [0.1, 0.15) is 6.04 Å². The van der Waals surface area contributed by atoms with Gasteiger partial charge < -0.3 is 15.0 Å². The van der Waals surface area contributed by atoms with Crippen LogP contribution in [0.1, 0.15) is 45.4 Å². The molecule has 0 aromatic rings. The zero-order valence-electron chi connectivity index (χ0n) is 12.8. The van der Waals surface area contributed by atoms with Gasteiger partial charge in [0.2, 0.25) is 11.8 Å². The van der Waals surface area contributed by atoms with Crippen molar-refractivity contribution in [2.75, 3.05) is 19.8 Å². The van der Waals surface area contributed by atoms with Crippen LogP contribution < -0.4 is 5.32 Å². The second-order valence-corrected chi connectivity index (χ2v) is 6.77. The maximum atomic E-state index is 12.8.